The zero-order valence-corrected chi connectivity index (χ0v) is 19.1. The predicted molar refractivity (Wildman–Crippen MR) is 127 cm³/mol. The van der Waals surface area contributed by atoms with Gasteiger partial charge in [-0.3, -0.25) is 9.59 Å². The Morgan fingerprint density at radius 2 is 1.81 bits per heavy atom. The highest BCUT2D eigenvalue weighted by Crippen LogP contribution is 2.20. The van der Waals surface area contributed by atoms with Crippen LogP contribution in [0.4, 0.5) is 0 Å². The lowest BCUT2D eigenvalue weighted by Gasteiger charge is -2.30. The van der Waals surface area contributed by atoms with Crippen LogP contribution in [0.1, 0.15) is 42.4 Å². The molecule has 1 saturated heterocycles. The van der Waals surface area contributed by atoms with Crippen LogP contribution in [0.25, 0.3) is 11.0 Å². The van der Waals surface area contributed by atoms with Crippen molar-refractivity contribution in [3.05, 3.63) is 64.9 Å². The van der Waals surface area contributed by atoms with E-state index in [2.05, 4.69) is 12.2 Å². The van der Waals surface area contributed by atoms with Crippen molar-refractivity contribution in [3.8, 4) is 0 Å². The number of carbonyl (C=O) groups is 2. The molecule has 2 amide bonds. The number of fused-ring (bicyclic) bond motifs is 1. The summed E-state index contributed by atoms with van der Waals surface area (Å²) in [5.41, 5.74) is 2.46. The van der Waals surface area contributed by atoms with E-state index in [1.165, 1.54) is 0 Å². The number of benzene rings is 2. The Balaban J connectivity index is 1.39. The van der Waals surface area contributed by atoms with Gasteiger partial charge in [-0.2, -0.15) is 0 Å². The van der Waals surface area contributed by atoms with E-state index in [0.29, 0.717) is 36.0 Å². The van der Waals surface area contributed by atoms with Gasteiger partial charge in [-0.15, -0.1) is 0 Å². The quantitative estimate of drug-likeness (QED) is 0.543. The number of amides is 2. The molecule has 1 aliphatic heterocycles. The third-order valence-electron chi connectivity index (χ3n) is 6.13. The van der Waals surface area contributed by atoms with Crippen molar-refractivity contribution in [3.63, 3.8) is 0 Å². The molecule has 32 heavy (non-hydrogen) atoms. The summed E-state index contributed by atoms with van der Waals surface area (Å²) in [4.78, 5) is 32.0. The Labute approximate surface area is 193 Å². The molecular weight excluding hydrogens is 424 g/mol. The zero-order chi connectivity index (χ0) is 22.5. The van der Waals surface area contributed by atoms with Crippen LogP contribution in [0.3, 0.4) is 0 Å². The van der Waals surface area contributed by atoms with Crippen molar-refractivity contribution >= 4 is 34.4 Å². The third-order valence-corrected chi connectivity index (χ3v) is 6.38. The van der Waals surface area contributed by atoms with Gasteiger partial charge < -0.3 is 14.8 Å². The number of imidazole rings is 1. The molecule has 4 rings (SSSR count). The highest BCUT2D eigenvalue weighted by molar-refractivity contribution is 6.30. The van der Waals surface area contributed by atoms with Gasteiger partial charge in [-0.25, -0.2) is 4.98 Å². The number of para-hydroxylation sites is 2. The Kier molecular flexibility index (Phi) is 7.10. The first-order chi connectivity index (χ1) is 15.5. The fourth-order valence-corrected chi connectivity index (χ4v) is 4.26. The molecule has 0 atom stereocenters. The average Bonchev–Trinajstić information content (AvgIpc) is 3.14. The van der Waals surface area contributed by atoms with Crippen LogP contribution in [0.2, 0.25) is 5.02 Å². The number of hydrogen-bond donors (Lipinski definition) is 1. The second-order valence-electron chi connectivity index (χ2n) is 8.53. The second-order valence-corrected chi connectivity index (χ2v) is 8.97. The number of piperidine rings is 1. The SMILES string of the molecule is CC1CCN(C(=O)Cn2c(CCCNC(=O)c3ccc(Cl)cc3)nc3ccccc32)CC1. The van der Waals surface area contributed by atoms with E-state index in [0.717, 1.165) is 49.2 Å². The minimum absolute atomic E-state index is 0.121. The number of rotatable bonds is 7. The molecule has 3 aromatic rings. The lowest BCUT2D eigenvalue weighted by Crippen LogP contribution is -2.40. The number of aryl methyl sites for hydroxylation is 1. The van der Waals surface area contributed by atoms with Gasteiger partial charge in [0.05, 0.1) is 11.0 Å². The van der Waals surface area contributed by atoms with E-state index in [1.807, 2.05) is 33.7 Å². The summed E-state index contributed by atoms with van der Waals surface area (Å²) in [6.45, 7) is 4.75. The van der Waals surface area contributed by atoms with Crippen molar-refractivity contribution in [2.45, 2.75) is 39.2 Å². The highest BCUT2D eigenvalue weighted by Gasteiger charge is 2.22. The summed E-state index contributed by atoms with van der Waals surface area (Å²) in [7, 11) is 0. The van der Waals surface area contributed by atoms with Gasteiger partial charge >= 0.3 is 0 Å². The molecule has 1 N–H and O–H groups in total. The van der Waals surface area contributed by atoms with Gasteiger partial charge in [0.2, 0.25) is 5.91 Å². The molecule has 1 fully saturated rings. The number of halogens is 1. The summed E-state index contributed by atoms with van der Waals surface area (Å²) < 4.78 is 2.04. The molecule has 7 heteroatoms. The molecule has 0 spiro atoms. The van der Waals surface area contributed by atoms with Crippen LogP contribution in [0.5, 0.6) is 0 Å². The predicted octanol–water partition coefficient (Wildman–Crippen LogP) is 4.31. The van der Waals surface area contributed by atoms with E-state index in [9.17, 15) is 9.59 Å². The molecule has 1 aliphatic rings. The topological polar surface area (TPSA) is 67.2 Å². The van der Waals surface area contributed by atoms with Crippen molar-refractivity contribution in [2.24, 2.45) is 5.92 Å². The first-order valence-electron chi connectivity index (χ1n) is 11.3. The summed E-state index contributed by atoms with van der Waals surface area (Å²) in [5.74, 6) is 1.60. The van der Waals surface area contributed by atoms with Crippen LogP contribution in [0.15, 0.2) is 48.5 Å². The molecule has 0 radical (unpaired) electrons. The zero-order valence-electron chi connectivity index (χ0n) is 18.4. The van der Waals surface area contributed by atoms with Gasteiger partial charge in [-0.1, -0.05) is 30.7 Å². The van der Waals surface area contributed by atoms with Crippen LogP contribution < -0.4 is 5.32 Å². The van der Waals surface area contributed by atoms with Crippen LogP contribution in [0, 0.1) is 5.92 Å². The largest absolute Gasteiger partial charge is 0.352 e. The minimum atomic E-state index is -0.121. The average molecular weight is 453 g/mol. The second kappa shape index (κ2) is 10.2. The van der Waals surface area contributed by atoms with E-state index >= 15 is 0 Å². The molecule has 6 nitrogen and oxygen atoms in total. The van der Waals surface area contributed by atoms with Crippen molar-refractivity contribution < 1.29 is 9.59 Å². The summed E-state index contributed by atoms with van der Waals surface area (Å²) in [6.07, 6.45) is 3.55. The maximum Gasteiger partial charge on any atom is 0.251 e. The monoisotopic (exact) mass is 452 g/mol. The summed E-state index contributed by atoms with van der Waals surface area (Å²) >= 11 is 5.88. The number of aromatic nitrogens is 2. The normalized spacial score (nSPS) is 14.6. The Bertz CT molecular complexity index is 1090. The van der Waals surface area contributed by atoms with Gasteiger partial charge in [0.1, 0.15) is 12.4 Å². The van der Waals surface area contributed by atoms with Gasteiger partial charge in [0.15, 0.2) is 0 Å². The number of likely N-dealkylation sites (tertiary alicyclic amines) is 1. The lowest BCUT2D eigenvalue weighted by atomic mass is 9.99. The smallest absolute Gasteiger partial charge is 0.251 e. The number of carbonyl (C=O) groups excluding carboxylic acids is 2. The third kappa shape index (κ3) is 5.30. The Morgan fingerprint density at radius 3 is 2.56 bits per heavy atom. The van der Waals surface area contributed by atoms with Crippen LogP contribution in [-0.2, 0) is 17.8 Å². The molecular formula is C25H29ClN4O2. The van der Waals surface area contributed by atoms with E-state index in [4.69, 9.17) is 16.6 Å². The first kappa shape index (κ1) is 22.3. The molecule has 168 valence electrons. The van der Waals surface area contributed by atoms with Gasteiger partial charge in [0, 0.05) is 36.6 Å². The molecule has 0 aliphatic carbocycles. The fraction of sp³-hybridized carbons (Fsp3) is 0.400. The van der Waals surface area contributed by atoms with Crippen LogP contribution in [-0.4, -0.2) is 45.9 Å². The van der Waals surface area contributed by atoms with E-state index in [-0.39, 0.29) is 11.8 Å². The standard InChI is InChI=1S/C25H29ClN4O2/c1-18-12-15-29(16-13-18)24(31)17-30-22-6-3-2-5-21(22)28-23(30)7-4-14-27-25(32)19-8-10-20(26)11-9-19/h2-3,5-6,8-11,18H,4,7,12-17H2,1H3,(H,27,32). The number of nitrogens with one attached hydrogen (secondary N) is 1. The first-order valence-corrected chi connectivity index (χ1v) is 11.6. The van der Waals surface area contributed by atoms with Gasteiger partial charge in [-0.05, 0) is 61.6 Å². The molecule has 2 aromatic carbocycles. The lowest BCUT2D eigenvalue weighted by molar-refractivity contribution is -0.133. The number of nitrogens with zero attached hydrogens (tertiary/aromatic N) is 3. The highest BCUT2D eigenvalue weighted by atomic mass is 35.5. The minimum Gasteiger partial charge on any atom is -0.352 e. The molecule has 2 heterocycles. The Hall–Kier alpha value is -2.86. The van der Waals surface area contributed by atoms with E-state index < -0.39 is 0 Å². The van der Waals surface area contributed by atoms with Crippen molar-refractivity contribution in [2.75, 3.05) is 19.6 Å². The molecule has 1 aromatic heterocycles. The van der Waals surface area contributed by atoms with E-state index in [1.54, 1.807) is 24.3 Å². The Morgan fingerprint density at radius 1 is 1.09 bits per heavy atom. The van der Waals surface area contributed by atoms with Gasteiger partial charge in [0.25, 0.3) is 5.91 Å². The summed E-state index contributed by atoms with van der Waals surface area (Å²) in [6, 6.07) is 14.8. The summed E-state index contributed by atoms with van der Waals surface area (Å²) in [5, 5.41) is 3.55. The number of hydrogen-bond acceptors (Lipinski definition) is 3. The van der Waals surface area contributed by atoms with Crippen molar-refractivity contribution in [1.29, 1.82) is 0 Å². The maximum atomic E-state index is 13.0. The molecule has 0 unspecified atom stereocenters. The van der Waals surface area contributed by atoms with Crippen molar-refractivity contribution in [1.82, 2.24) is 19.8 Å². The fourth-order valence-electron chi connectivity index (χ4n) is 4.14. The molecule has 0 bridgehead atoms. The van der Waals surface area contributed by atoms with Crippen LogP contribution >= 0.6 is 11.6 Å². The maximum absolute atomic E-state index is 13.0. The molecule has 0 saturated carbocycles.